The molecule has 3 aliphatic rings. The summed E-state index contributed by atoms with van der Waals surface area (Å²) in [5.41, 5.74) is 2.55. The molecule has 0 radical (unpaired) electrons. The van der Waals surface area contributed by atoms with Gasteiger partial charge in [0.1, 0.15) is 5.75 Å². The first-order valence-electron chi connectivity index (χ1n) is 8.96. The average molecular weight is 330 g/mol. The van der Waals surface area contributed by atoms with E-state index >= 15 is 0 Å². The maximum atomic E-state index is 12.2. The highest BCUT2D eigenvalue weighted by Gasteiger charge is 2.59. The van der Waals surface area contributed by atoms with Crippen molar-refractivity contribution in [1.82, 2.24) is 10.6 Å². The lowest BCUT2D eigenvalue weighted by molar-refractivity contribution is -0.108. The Morgan fingerprint density at radius 1 is 1.33 bits per heavy atom. The summed E-state index contributed by atoms with van der Waals surface area (Å²) in [6.45, 7) is 6.60. The molecule has 1 saturated carbocycles. The summed E-state index contributed by atoms with van der Waals surface area (Å²) in [5, 5.41) is 6.15. The van der Waals surface area contributed by atoms with Gasteiger partial charge in [0, 0.05) is 36.9 Å². The van der Waals surface area contributed by atoms with Crippen LogP contribution in [0.1, 0.15) is 31.4 Å². The van der Waals surface area contributed by atoms with Gasteiger partial charge in [-0.15, -0.1) is 0 Å². The van der Waals surface area contributed by atoms with Crippen LogP contribution in [0.2, 0.25) is 0 Å². The number of carbonyl (C=O) groups excluding carboxylic acids is 1. The molecular weight excluding hydrogens is 304 g/mol. The number of carbonyl (C=O) groups is 1. The van der Waals surface area contributed by atoms with Crippen LogP contribution in [-0.2, 0) is 17.6 Å². The van der Waals surface area contributed by atoms with Gasteiger partial charge in [-0.2, -0.15) is 0 Å². The molecule has 1 saturated heterocycles. The van der Waals surface area contributed by atoms with Crippen molar-refractivity contribution in [1.29, 1.82) is 0 Å². The zero-order chi connectivity index (χ0) is 16.7. The lowest BCUT2D eigenvalue weighted by Crippen LogP contribution is -2.67. The normalized spacial score (nSPS) is 29.2. The second-order valence-corrected chi connectivity index (χ2v) is 7.73. The minimum atomic E-state index is -0.0667. The van der Waals surface area contributed by atoms with E-state index in [1.165, 1.54) is 11.1 Å². The van der Waals surface area contributed by atoms with Crippen LogP contribution in [0.5, 0.6) is 5.75 Å². The second kappa shape index (κ2) is 5.96. The van der Waals surface area contributed by atoms with E-state index in [1.54, 1.807) is 0 Å². The molecule has 2 heterocycles. The first kappa shape index (κ1) is 15.8. The van der Waals surface area contributed by atoms with Crippen LogP contribution < -0.4 is 15.4 Å². The zero-order valence-corrected chi connectivity index (χ0v) is 14.4. The second-order valence-electron chi connectivity index (χ2n) is 7.73. The van der Waals surface area contributed by atoms with Gasteiger partial charge in [-0.05, 0) is 30.0 Å². The lowest BCUT2D eigenvalue weighted by Gasteiger charge is -2.54. The lowest BCUT2D eigenvalue weighted by atomic mass is 9.57. The molecule has 0 aromatic heterocycles. The van der Waals surface area contributed by atoms with Crippen molar-refractivity contribution in [3.63, 3.8) is 0 Å². The first-order chi connectivity index (χ1) is 11.6. The van der Waals surface area contributed by atoms with E-state index in [2.05, 4.69) is 36.6 Å². The highest BCUT2D eigenvalue weighted by molar-refractivity contribution is 5.74. The standard InChI is InChI=1S/C19H26N2O3/c1-19(2)16(14-7-10-24-17(14)19)21-18(22)20-8-5-12-3-4-15-13(11-12)6-9-23-15/h3-4,11,14,16-17H,5-10H2,1-2H3,(H2,20,21,22). The molecule has 130 valence electrons. The zero-order valence-electron chi connectivity index (χ0n) is 14.4. The maximum absolute atomic E-state index is 12.2. The fraction of sp³-hybridized carbons (Fsp3) is 0.632. The quantitative estimate of drug-likeness (QED) is 0.890. The van der Waals surface area contributed by atoms with Gasteiger partial charge in [0.2, 0.25) is 0 Å². The summed E-state index contributed by atoms with van der Waals surface area (Å²) in [6.07, 6.45) is 3.18. The van der Waals surface area contributed by atoms with Crippen LogP contribution >= 0.6 is 0 Å². The molecule has 1 aromatic rings. The first-order valence-corrected chi connectivity index (χ1v) is 8.96. The summed E-state index contributed by atoms with van der Waals surface area (Å²) in [6, 6.07) is 6.45. The summed E-state index contributed by atoms with van der Waals surface area (Å²) >= 11 is 0. The molecule has 5 nitrogen and oxygen atoms in total. The highest BCUT2D eigenvalue weighted by atomic mass is 16.5. The average Bonchev–Trinajstić information content (AvgIpc) is 3.20. The molecule has 24 heavy (non-hydrogen) atoms. The number of amides is 2. The Labute approximate surface area is 143 Å². The van der Waals surface area contributed by atoms with Crippen molar-refractivity contribution >= 4 is 6.03 Å². The van der Waals surface area contributed by atoms with Gasteiger partial charge in [-0.3, -0.25) is 0 Å². The number of fused-ring (bicyclic) bond motifs is 2. The Kier molecular flexibility index (Phi) is 3.91. The van der Waals surface area contributed by atoms with Gasteiger partial charge in [0.25, 0.3) is 0 Å². The van der Waals surface area contributed by atoms with Gasteiger partial charge in [-0.1, -0.05) is 26.0 Å². The molecule has 2 N–H and O–H groups in total. The third-order valence-electron chi connectivity index (χ3n) is 5.84. The Morgan fingerprint density at radius 3 is 3.08 bits per heavy atom. The molecule has 0 bridgehead atoms. The fourth-order valence-corrected chi connectivity index (χ4v) is 4.53. The third kappa shape index (κ3) is 2.65. The monoisotopic (exact) mass is 330 g/mol. The number of hydrogen-bond acceptors (Lipinski definition) is 3. The summed E-state index contributed by atoms with van der Waals surface area (Å²) in [5.74, 6) is 1.48. The van der Waals surface area contributed by atoms with Crippen molar-refractivity contribution in [2.24, 2.45) is 11.3 Å². The topological polar surface area (TPSA) is 59.6 Å². The number of rotatable bonds is 4. The SMILES string of the molecule is CC1(C)C(NC(=O)NCCc2ccc3c(c2)CCO3)C2CCOC21. The summed E-state index contributed by atoms with van der Waals surface area (Å²) in [7, 11) is 0. The van der Waals surface area contributed by atoms with Crippen molar-refractivity contribution in [3.05, 3.63) is 29.3 Å². The van der Waals surface area contributed by atoms with Crippen molar-refractivity contribution < 1.29 is 14.3 Å². The Hall–Kier alpha value is -1.75. The molecule has 1 aromatic carbocycles. The Morgan fingerprint density at radius 2 is 2.21 bits per heavy atom. The molecule has 5 heteroatoms. The van der Waals surface area contributed by atoms with E-state index in [1.807, 2.05) is 6.07 Å². The molecule has 2 fully saturated rings. The largest absolute Gasteiger partial charge is 0.493 e. The minimum Gasteiger partial charge on any atom is -0.493 e. The minimum absolute atomic E-state index is 0.0263. The van der Waals surface area contributed by atoms with Gasteiger partial charge in [-0.25, -0.2) is 4.79 Å². The van der Waals surface area contributed by atoms with E-state index in [9.17, 15) is 4.79 Å². The Balaban J connectivity index is 1.25. The number of urea groups is 1. The van der Waals surface area contributed by atoms with E-state index in [0.717, 1.165) is 38.2 Å². The number of nitrogens with one attached hydrogen (secondary N) is 2. The highest BCUT2D eigenvalue weighted by Crippen LogP contribution is 2.52. The van der Waals surface area contributed by atoms with Crippen molar-refractivity contribution in [2.45, 2.75) is 45.3 Å². The van der Waals surface area contributed by atoms with Crippen LogP contribution in [0.3, 0.4) is 0 Å². The van der Waals surface area contributed by atoms with Crippen molar-refractivity contribution in [2.75, 3.05) is 19.8 Å². The maximum Gasteiger partial charge on any atom is 0.315 e. The molecule has 4 rings (SSSR count). The van der Waals surface area contributed by atoms with Gasteiger partial charge >= 0.3 is 6.03 Å². The molecular formula is C19H26N2O3. The van der Waals surface area contributed by atoms with Gasteiger partial charge < -0.3 is 20.1 Å². The molecule has 0 spiro atoms. The molecule has 1 aliphatic carbocycles. The smallest absolute Gasteiger partial charge is 0.315 e. The summed E-state index contributed by atoms with van der Waals surface area (Å²) in [4.78, 5) is 12.2. The molecule has 3 atom stereocenters. The van der Waals surface area contributed by atoms with E-state index < -0.39 is 0 Å². The number of ether oxygens (including phenoxy) is 2. The van der Waals surface area contributed by atoms with Crippen molar-refractivity contribution in [3.8, 4) is 5.75 Å². The van der Waals surface area contributed by atoms with Crippen LogP contribution in [0, 0.1) is 11.3 Å². The van der Waals surface area contributed by atoms with Crippen LogP contribution in [0.15, 0.2) is 18.2 Å². The molecule has 2 aliphatic heterocycles. The summed E-state index contributed by atoms with van der Waals surface area (Å²) < 4.78 is 11.3. The van der Waals surface area contributed by atoms with Gasteiger partial charge in [0.05, 0.1) is 12.7 Å². The van der Waals surface area contributed by atoms with Crippen LogP contribution in [-0.4, -0.2) is 37.9 Å². The predicted octanol–water partition coefficient (Wildman–Crippen LogP) is 2.28. The van der Waals surface area contributed by atoms with Gasteiger partial charge in [0.15, 0.2) is 0 Å². The fourth-order valence-electron chi connectivity index (χ4n) is 4.53. The van der Waals surface area contributed by atoms with Crippen LogP contribution in [0.4, 0.5) is 4.79 Å². The van der Waals surface area contributed by atoms with E-state index in [0.29, 0.717) is 18.6 Å². The van der Waals surface area contributed by atoms with E-state index in [4.69, 9.17) is 9.47 Å². The number of benzene rings is 1. The Bertz CT molecular complexity index is 643. The number of hydrogen-bond donors (Lipinski definition) is 2. The van der Waals surface area contributed by atoms with Crippen LogP contribution in [0.25, 0.3) is 0 Å². The third-order valence-corrected chi connectivity index (χ3v) is 5.84. The van der Waals surface area contributed by atoms with E-state index in [-0.39, 0.29) is 17.5 Å². The predicted molar refractivity (Wildman–Crippen MR) is 91.3 cm³/mol. The molecule has 3 unspecified atom stereocenters. The molecule has 2 amide bonds.